The molecule has 0 bridgehead atoms. The first-order valence-electron chi connectivity index (χ1n) is 8.14. The predicted molar refractivity (Wildman–Crippen MR) is 91.7 cm³/mol. The molecule has 0 saturated carbocycles. The Kier molecular flexibility index (Phi) is 3.78. The van der Waals surface area contributed by atoms with Crippen LogP contribution in [0.15, 0.2) is 54.7 Å². The molecule has 122 valence electrons. The van der Waals surface area contributed by atoms with Crippen LogP contribution in [0.4, 0.5) is 0 Å². The second-order valence-corrected chi connectivity index (χ2v) is 6.20. The Morgan fingerprint density at radius 1 is 1.17 bits per heavy atom. The Hall–Kier alpha value is -2.66. The molecule has 1 fully saturated rings. The molecule has 0 aliphatic carbocycles. The van der Waals surface area contributed by atoms with Gasteiger partial charge in [0, 0.05) is 11.9 Å². The standard InChI is InChI=1S/C19H19N3O2/c1-13-11-22(12-17(24-13)14-6-3-2-4-7-14)19(23)16-9-5-8-15-10-20-21-18(15)16/h2-10,13,17H,11-12H2,1H3,(H,20,21)/t13-,17+/m1/s1. The molecule has 3 aromatic rings. The summed E-state index contributed by atoms with van der Waals surface area (Å²) in [5.41, 5.74) is 2.55. The van der Waals surface area contributed by atoms with E-state index in [9.17, 15) is 4.79 Å². The van der Waals surface area contributed by atoms with Crippen molar-refractivity contribution in [3.63, 3.8) is 0 Å². The van der Waals surface area contributed by atoms with Gasteiger partial charge in [-0.15, -0.1) is 0 Å². The molecule has 24 heavy (non-hydrogen) atoms. The monoisotopic (exact) mass is 321 g/mol. The fourth-order valence-electron chi connectivity index (χ4n) is 3.29. The average Bonchev–Trinajstić information content (AvgIpc) is 3.10. The number of fused-ring (bicyclic) bond motifs is 1. The van der Waals surface area contributed by atoms with Crippen molar-refractivity contribution < 1.29 is 9.53 Å². The Labute approximate surface area is 140 Å². The van der Waals surface area contributed by atoms with Gasteiger partial charge in [0.1, 0.15) is 6.10 Å². The van der Waals surface area contributed by atoms with Gasteiger partial charge in [0.15, 0.2) is 0 Å². The zero-order chi connectivity index (χ0) is 16.5. The lowest BCUT2D eigenvalue weighted by atomic mass is 10.0. The molecule has 0 radical (unpaired) electrons. The number of carbonyl (C=O) groups is 1. The number of amides is 1. The lowest BCUT2D eigenvalue weighted by Crippen LogP contribution is -2.46. The van der Waals surface area contributed by atoms with Crippen LogP contribution in [0.5, 0.6) is 0 Å². The van der Waals surface area contributed by atoms with Crippen molar-refractivity contribution in [3.05, 3.63) is 65.9 Å². The highest BCUT2D eigenvalue weighted by molar-refractivity contribution is 6.05. The van der Waals surface area contributed by atoms with Gasteiger partial charge in [-0.05, 0) is 18.6 Å². The minimum atomic E-state index is -0.0973. The number of nitrogens with zero attached hydrogens (tertiary/aromatic N) is 2. The quantitative estimate of drug-likeness (QED) is 0.789. The van der Waals surface area contributed by atoms with Crippen molar-refractivity contribution in [1.29, 1.82) is 0 Å². The van der Waals surface area contributed by atoms with Crippen LogP contribution in [-0.4, -0.2) is 40.2 Å². The second kappa shape index (κ2) is 6.09. The first-order valence-corrected chi connectivity index (χ1v) is 8.14. The van der Waals surface area contributed by atoms with Gasteiger partial charge in [-0.1, -0.05) is 42.5 Å². The van der Waals surface area contributed by atoms with E-state index in [1.54, 1.807) is 6.20 Å². The first-order chi connectivity index (χ1) is 11.7. The van der Waals surface area contributed by atoms with Gasteiger partial charge in [0.2, 0.25) is 0 Å². The summed E-state index contributed by atoms with van der Waals surface area (Å²) in [5, 5.41) is 7.93. The van der Waals surface area contributed by atoms with E-state index in [-0.39, 0.29) is 18.1 Å². The number of rotatable bonds is 2. The average molecular weight is 321 g/mol. The molecule has 2 aromatic carbocycles. The van der Waals surface area contributed by atoms with E-state index in [0.717, 1.165) is 16.5 Å². The smallest absolute Gasteiger partial charge is 0.256 e. The van der Waals surface area contributed by atoms with Gasteiger partial charge < -0.3 is 9.64 Å². The lowest BCUT2D eigenvalue weighted by molar-refractivity contribution is -0.0691. The van der Waals surface area contributed by atoms with Crippen molar-refractivity contribution in [3.8, 4) is 0 Å². The molecule has 1 aliphatic heterocycles. The fraction of sp³-hybridized carbons (Fsp3) is 0.263. The summed E-state index contributed by atoms with van der Waals surface area (Å²) in [6.45, 7) is 3.15. The van der Waals surface area contributed by atoms with Crippen LogP contribution < -0.4 is 0 Å². The third-order valence-corrected chi connectivity index (χ3v) is 4.43. The molecule has 1 N–H and O–H groups in total. The summed E-state index contributed by atoms with van der Waals surface area (Å²) in [7, 11) is 0. The molecule has 0 unspecified atom stereocenters. The highest BCUT2D eigenvalue weighted by Gasteiger charge is 2.30. The molecule has 1 aliphatic rings. The maximum Gasteiger partial charge on any atom is 0.256 e. The first kappa shape index (κ1) is 14.9. The highest BCUT2D eigenvalue weighted by Crippen LogP contribution is 2.27. The molecular formula is C19H19N3O2. The van der Waals surface area contributed by atoms with Gasteiger partial charge in [-0.3, -0.25) is 9.89 Å². The van der Waals surface area contributed by atoms with Crippen LogP contribution in [0.3, 0.4) is 0 Å². The number of aromatic nitrogens is 2. The topological polar surface area (TPSA) is 58.2 Å². The molecule has 1 saturated heterocycles. The summed E-state index contributed by atoms with van der Waals surface area (Å²) in [6, 6.07) is 15.7. The van der Waals surface area contributed by atoms with Crippen molar-refractivity contribution >= 4 is 16.8 Å². The summed E-state index contributed by atoms with van der Waals surface area (Å²) < 4.78 is 6.05. The Balaban J connectivity index is 1.63. The Bertz CT molecular complexity index is 859. The van der Waals surface area contributed by atoms with Crippen LogP contribution in [0.1, 0.15) is 28.9 Å². The molecule has 1 amide bonds. The summed E-state index contributed by atoms with van der Waals surface area (Å²) >= 11 is 0. The van der Waals surface area contributed by atoms with E-state index >= 15 is 0 Å². The summed E-state index contributed by atoms with van der Waals surface area (Å²) in [5.74, 6) is 0.0148. The maximum absolute atomic E-state index is 13.1. The SMILES string of the molecule is C[C@@H]1CN(C(=O)c2cccc3cn[nH]c23)C[C@@H](c2ccccc2)O1. The zero-order valence-corrected chi connectivity index (χ0v) is 13.5. The van der Waals surface area contributed by atoms with E-state index in [1.165, 1.54) is 0 Å². The number of nitrogens with one attached hydrogen (secondary N) is 1. The minimum absolute atomic E-state index is 0.00567. The number of para-hydroxylation sites is 1. The van der Waals surface area contributed by atoms with Crippen LogP contribution in [0.2, 0.25) is 0 Å². The van der Waals surface area contributed by atoms with Crippen LogP contribution in [0.25, 0.3) is 10.9 Å². The molecule has 2 heterocycles. The zero-order valence-electron chi connectivity index (χ0n) is 13.5. The van der Waals surface area contributed by atoms with E-state index in [2.05, 4.69) is 10.2 Å². The normalized spacial score (nSPS) is 21.1. The highest BCUT2D eigenvalue weighted by atomic mass is 16.5. The van der Waals surface area contributed by atoms with Gasteiger partial charge in [0.05, 0.1) is 29.9 Å². The Morgan fingerprint density at radius 2 is 2.00 bits per heavy atom. The van der Waals surface area contributed by atoms with Crippen molar-refractivity contribution in [2.75, 3.05) is 13.1 Å². The number of morpholine rings is 1. The largest absolute Gasteiger partial charge is 0.367 e. The third kappa shape index (κ3) is 2.67. The number of H-pyrrole nitrogens is 1. The van der Waals surface area contributed by atoms with Crippen molar-refractivity contribution in [1.82, 2.24) is 15.1 Å². The number of hydrogen-bond acceptors (Lipinski definition) is 3. The summed E-state index contributed by atoms with van der Waals surface area (Å²) in [6.07, 6.45) is 1.63. The lowest BCUT2D eigenvalue weighted by Gasteiger charge is -2.37. The third-order valence-electron chi connectivity index (χ3n) is 4.43. The number of hydrogen-bond donors (Lipinski definition) is 1. The van der Waals surface area contributed by atoms with Gasteiger partial charge in [-0.2, -0.15) is 5.10 Å². The van der Waals surface area contributed by atoms with Gasteiger partial charge in [-0.25, -0.2) is 0 Å². The molecule has 4 rings (SSSR count). The van der Waals surface area contributed by atoms with Crippen molar-refractivity contribution in [2.24, 2.45) is 0 Å². The second-order valence-electron chi connectivity index (χ2n) is 6.20. The predicted octanol–water partition coefficient (Wildman–Crippen LogP) is 3.17. The maximum atomic E-state index is 13.1. The fourth-order valence-corrected chi connectivity index (χ4v) is 3.29. The molecule has 5 nitrogen and oxygen atoms in total. The number of aromatic amines is 1. The van der Waals surface area contributed by atoms with Crippen LogP contribution >= 0.6 is 0 Å². The number of carbonyl (C=O) groups excluding carboxylic acids is 1. The Morgan fingerprint density at radius 3 is 2.83 bits per heavy atom. The summed E-state index contributed by atoms with van der Waals surface area (Å²) in [4.78, 5) is 14.9. The molecule has 5 heteroatoms. The molecular weight excluding hydrogens is 302 g/mol. The van der Waals surface area contributed by atoms with E-state index < -0.39 is 0 Å². The van der Waals surface area contributed by atoms with E-state index in [4.69, 9.17) is 4.74 Å². The van der Waals surface area contributed by atoms with Gasteiger partial charge in [0.25, 0.3) is 5.91 Å². The number of benzene rings is 2. The van der Waals surface area contributed by atoms with Crippen LogP contribution in [-0.2, 0) is 4.74 Å². The molecule has 2 atom stereocenters. The van der Waals surface area contributed by atoms with E-state index in [0.29, 0.717) is 18.7 Å². The molecule has 1 aromatic heterocycles. The van der Waals surface area contributed by atoms with Gasteiger partial charge >= 0.3 is 0 Å². The van der Waals surface area contributed by atoms with Crippen LogP contribution in [0, 0.1) is 0 Å². The van der Waals surface area contributed by atoms with Crippen molar-refractivity contribution in [2.45, 2.75) is 19.1 Å². The number of ether oxygens (including phenoxy) is 1. The minimum Gasteiger partial charge on any atom is -0.367 e. The molecule has 0 spiro atoms. The van der Waals surface area contributed by atoms with E-state index in [1.807, 2.05) is 60.4 Å².